The summed E-state index contributed by atoms with van der Waals surface area (Å²) in [5.74, 6) is -0.186. The van der Waals surface area contributed by atoms with Gasteiger partial charge in [-0.05, 0) is 12.5 Å². The molecular weight excluding hydrogens is 436 g/mol. The van der Waals surface area contributed by atoms with Crippen LogP contribution in [0.2, 0.25) is 0 Å². The highest BCUT2D eigenvalue weighted by Gasteiger charge is 2.46. The Kier molecular flexibility index (Phi) is 5.93. The highest BCUT2D eigenvalue weighted by atomic mass is 16.6. The second kappa shape index (κ2) is 8.69. The summed E-state index contributed by atoms with van der Waals surface area (Å²) in [4.78, 5) is 35.7. The van der Waals surface area contributed by atoms with Crippen LogP contribution in [0.3, 0.4) is 0 Å². The molecular formula is C20H22N6O7. The first-order chi connectivity index (χ1) is 15.7. The maximum Gasteiger partial charge on any atom is 0.276 e. The van der Waals surface area contributed by atoms with Gasteiger partial charge in [0.25, 0.3) is 11.2 Å². The molecule has 0 spiro atoms. The molecule has 1 saturated heterocycles. The van der Waals surface area contributed by atoms with Crippen molar-refractivity contribution in [3.63, 3.8) is 0 Å². The van der Waals surface area contributed by atoms with Crippen molar-refractivity contribution in [2.75, 3.05) is 25.6 Å². The number of benzene rings is 1. The van der Waals surface area contributed by atoms with Crippen molar-refractivity contribution in [3.8, 4) is 5.88 Å². The van der Waals surface area contributed by atoms with E-state index in [0.717, 1.165) is 10.1 Å². The second-order valence-corrected chi connectivity index (χ2v) is 7.59. The molecule has 4 N–H and O–H groups in total. The maximum atomic E-state index is 12.9. The molecule has 1 fully saturated rings. The first-order valence-corrected chi connectivity index (χ1v) is 10.1. The summed E-state index contributed by atoms with van der Waals surface area (Å²) >= 11 is 0. The minimum absolute atomic E-state index is 0.0121. The molecule has 13 nitrogen and oxygen atoms in total. The van der Waals surface area contributed by atoms with Crippen LogP contribution in [0.25, 0.3) is 11.2 Å². The standard InChI is InChI=1S/C20H22N6O7/c1-11-18(28)25(20(29)7-9-32-14(20)10-27)16-15(22-11)17(24-19(21)23-16)33-8-6-12-2-4-13(5-3-12)26(30)31/h2-5,14,27,29H,6-10H2,1H3,(H2,21,23,24)/t14-,20-/m1/s1. The average molecular weight is 458 g/mol. The topological polar surface area (TPSA) is 189 Å². The van der Waals surface area contributed by atoms with E-state index in [1.807, 2.05) is 0 Å². The fourth-order valence-corrected chi connectivity index (χ4v) is 3.78. The van der Waals surface area contributed by atoms with Gasteiger partial charge in [-0.3, -0.25) is 19.5 Å². The summed E-state index contributed by atoms with van der Waals surface area (Å²) in [5.41, 5.74) is 4.31. The molecule has 33 heavy (non-hydrogen) atoms. The third kappa shape index (κ3) is 4.08. The fourth-order valence-electron chi connectivity index (χ4n) is 3.78. The number of ether oxygens (including phenoxy) is 2. The Bertz CT molecular complexity index is 1260. The minimum Gasteiger partial charge on any atom is -0.476 e. The predicted molar refractivity (Wildman–Crippen MR) is 115 cm³/mol. The largest absolute Gasteiger partial charge is 0.476 e. The Morgan fingerprint density at radius 3 is 2.73 bits per heavy atom. The lowest BCUT2D eigenvalue weighted by Gasteiger charge is -2.30. The van der Waals surface area contributed by atoms with E-state index in [1.165, 1.54) is 19.1 Å². The zero-order valence-electron chi connectivity index (χ0n) is 17.7. The molecule has 0 aliphatic carbocycles. The molecule has 0 saturated carbocycles. The number of aliphatic hydroxyl groups is 2. The summed E-state index contributed by atoms with van der Waals surface area (Å²) in [5, 5.41) is 31.7. The van der Waals surface area contributed by atoms with Crippen LogP contribution in [-0.2, 0) is 16.9 Å². The van der Waals surface area contributed by atoms with Crippen molar-refractivity contribution in [2.45, 2.75) is 31.6 Å². The third-order valence-corrected chi connectivity index (χ3v) is 5.49. The molecule has 0 radical (unpaired) electrons. The number of nitro groups is 1. The van der Waals surface area contributed by atoms with Gasteiger partial charge in [-0.15, -0.1) is 0 Å². The maximum absolute atomic E-state index is 12.9. The number of hydrogen-bond donors (Lipinski definition) is 3. The molecule has 2 atom stereocenters. The Balaban J connectivity index is 1.69. The number of nitrogens with two attached hydrogens (primary N) is 1. The molecule has 1 aliphatic heterocycles. The van der Waals surface area contributed by atoms with Crippen molar-refractivity contribution >= 4 is 22.8 Å². The summed E-state index contributed by atoms with van der Waals surface area (Å²) in [6.07, 6.45) is -0.577. The van der Waals surface area contributed by atoms with Gasteiger partial charge in [0.1, 0.15) is 11.8 Å². The van der Waals surface area contributed by atoms with E-state index in [9.17, 15) is 25.1 Å². The number of nitrogen functional groups attached to an aromatic ring is 1. The molecule has 0 unspecified atom stereocenters. The number of aromatic nitrogens is 4. The fraction of sp³-hybridized carbons (Fsp3) is 0.400. The van der Waals surface area contributed by atoms with E-state index in [1.54, 1.807) is 12.1 Å². The van der Waals surface area contributed by atoms with Crippen molar-refractivity contribution < 1.29 is 24.6 Å². The number of hydrogen-bond acceptors (Lipinski definition) is 11. The molecule has 3 aromatic rings. The van der Waals surface area contributed by atoms with Crippen molar-refractivity contribution in [1.82, 2.24) is 19.5 Å². The number of anilines is 1. The Morgan fingerprint density at radius 1 is 1.33 bits per heavy atom. The lowest BCUT2D eigenvalue weighted by molar-refractivity contribution is -0.384. The van der Waals surface area contributed by atoms with Crippen LogP contribution in [0.15, 0.2) is 29.1 Å². The van der Waals surface area contributed by atoms with Gasteiger partial charge < -0.3 is 25.4 Å². The monoisotopic (exact) mass is 458 g/mol. The molecule has 13 heteroatoms. The SMILES string of the molecule is Cc1nc2c(OCCc3ccc([N+](=O)[O-])cc3)nc(N)nc2n([C@@]2(O)CCO[C@@H]2CO)c1=O. The lowest BCUT2D eigenvalue weighted by Crippen LogP contribution is -2.49. The van der Waals surface area contributed by atoms with Gasteiger partial charge in [-0.25, -0.2) is 4.98 Å². The first kappa shape index (κ1) is 22.5. The highest BCUT2D eigenvalue weighted by molar-refractivity contribution is 5.77. The average Bonchev–Trinajstić information content (AvgIpc) is 3.16. The Labute approximate surface area is 186 Å². The molecule has 2 aromatic heterocycles. The van der Waals surface area contributed by atoms with E-state index >= 15 is 0 Å². The van der Waals surface area contributed by atoms with Crippen LogP contribution in [0.1, 0.15) is 17.7 Å². The number of rotatable bonds is 7. The molecule has 0 bridgehead atoms. The van der Waals surface area contributed by atoms with Gasteiger partial charge in [0, 0.05) is 25.0 Å². The molecule has 174 valence electrons. The summed E-state index contributed by atoms with van der Waals surface area (Å²) in [7, 11) is 0. The van der Waals surface area contributed by atoms with E-state index in [4.69, 9.17) is 15.2 Å². The molecule has 3 heterocycles. The quantitative estimate of drug-likeness (QED) is 0.320. The summed E-state index contributed by atoms with van der Waals surface area (Å²) in [6.45, 7) is 1.24. The molecule has 4 rings (SSSR count). The normalized spacial score (nSPS) is 20.3. The lowest BCUT2D eigenvalue weighted by atomic mass is 10.1. The number of nitrogens with zero attached hydrogens (tertiary/aromatic N) is 5. The molecule has 1 aliphatic rings. The van der Waals surface area contributed by atoms with E-state index in [2.05, 4.69) is 15.0 Å². The zero-order valence-corrected chi connectivity index (χ0v) is 17.7. The number of fused-ring (bicyclic) bond motifs is 1. The van der Waals surface area contributed by atoms with Gasteiger partial charge in [-0.1, -0.05) is 12.1 Å². The first-order valence-electron chi connectivity index (χ1n) is 10.1. The van der Waals surface area contributed by atoms with Crippen molar-refractivity contribution in [3.05, 3.63) is 56.0 Å². The zero-order chi connectivity index (χ0) is 23.8. The molecule has 0 amide bonds. The smallest absolute Gasteiger partial charge is 0.276 e. The van der Waals surface area contributed by atoms with Gasteiger partial charge in [-0.2, -0.15) is 9.97 Å². The number of aliphatic hydroxyl groups excluding tert-OH is 1. The highest BCUT2D eigenvalue weighted by Crippen LogP contribution is 2.33. The van der Waals surface area contributed by atoms with Crippen LogP contribution >= 0.6 is 0 Å². The van der Waals surface area contributed by atoms with Gasteiger partial charge in [0.15, 0.2) is 16.9 Å². The Hall–Kier alpha value is -3.68. The predicted octanol–water partition coefficient (Wildman–Crippen LogP) is 0.0331. The number of aryl methyl sites for hydroxylation is 1. The number of non-ortho nitro benzene ring substituents is 1. The van der Waals surface area contributed by atoms with Crippen LogP contribution in [0, 0.1) is 17.0 Å². The van der Waals surface area contributed by atoms with Gasteiger partial charge >= 0.3 is 0 Å². The van der Waals surface area contributed by atoms with Crippen LogP contribution in [0.5, 0.6) is 5.88 Å². The van der Waals surface area contributed by atoms with Crippen LogP contribution < -0.4 is 16.0 Å². The third-order valence-electron chi connectivity index (χ3n) is 5.49. The Morgan fingerprint density at radius 2 is 2.06 bits per heavy atom. The minimum atomic E-state index is -1.85. The molecule has 1 aromatic carbocycles. The second-order valence-electron chi connectivity index (χ2n) is 7.59. The summed E-state index contributed by atoms with van der Waals surface area (Å²) < 4.78 is 12.2. The van der Waals surface area contributed by atoms with Gasteiger partial charge in [0.05, 0.1) is 24.7 Å². The summed E-state index contributed by atoms with van der Waals surface area (Å²) in [6, 6.07) is 6.05. The van der Waals surface area contributed by atoms with Crippen molar-refractivity contribution in [1.29, 1.82) is 0 Å². The van der Waals surface area contributed by atoms with E-state index in [0.29, 0.717) is 6.42 Å². The van der Waals surface area contributed by atoms with Gasteiger partial charge in [0.2, 0.25) is 11.8 Å². The van der Waals surface area contributed by atoms with Crippen LogP contribution in [0.4, 0.5) is 11.6 Å². The van der Waals surface area contributed by atoms with Crippen LogP contribution in [-0.4, -0.2) is 60.6 Å². The van der Waals surface area contributed by atoms with E-state index < -0.39 is 28.9 Å². The van der Waals surface area contributed by atoms with Crippen molar-refractivity contribution in [2.24, 2.45) is 0 Å². The number of nitro benzene ring substituents is 1. The van der Waals surface area contributed by atoms with E-state index in [-0.39, 0.29) is 54.0 Å².